The molecule has 0 unspecified atom stereocenters. The molecule has 4 aromatic rings. The van der Waals surface area contributed by atoms with Crippen molar-refractivity contribution in [2.45, 2.75) is 30.5 Å². The molecule has 2 bridgehead atoms. The van der Waals surface area contributed by atoms with Crippen LogP contribution in [-0.2, 0) is 31.2 Å². The number of aryl methyl sites for hydroxylation is 1. The van der Waals surface area contributed by atoms with Crippen molar-refractivity contribution in [3.05, 3.63) is 64.3 Å². The van der Waals surface area contributed by atoms with Gasteiger partial charge < -0.3 is 19.1 Å². The van der Waals surface area contributed by atoms with Gasteiger partial charge in [0.2, 0.25) is 0 Å². The first kappa shape index (κ1) is 31.6. The Balaban J connectivity index is 1.80. The van der Waals surface area contributed by atoms with Crippen LogP contribution in [0.1, 0.15) is 36.6 Å². The van der Waals surface area contributed by atoms with Gasteiger partial charge in [0.1, 0.15) is 18.7 Å². The summed E-state index contributed by atoms with van der Waals surface area (Å²) in [6.07, 6.45) is 2.50. The third-order valence-corrected chi connectivity index (χ3v) is 8.03. The highest BCUT2D eigenvalue weighted by atomic mass is 35.5. The fourth-order valence-corrected chi connectivity index (χ4v) is 5.82. The molecule has 5 rings (SSSR count). The van der Waals surface area contributed by atoms with E-state index in [0.29, 0.717) is 39.5 Å². The van der Waals surface area contributed by atoms with Crippen LogP contribution in [-0.4, -0.2) is 76.9 Å². The molecule has 10 nitrogen and oxygen atoms in total. The van der Waals surface area contributed by atoms with Crippen LogP contribution in [0.4, 0.5) is 10.2 Å². The number of fused-ring (bicyclic) bond motifs is 7. The SMILES string of the molecule is [B]C1([B])c2cn(C)nc2-c2ccc(F)cc2[C@@H](C)Oc2cc(cnc2NCOP(OC)OC)-c2c1c(Cl)nn2C([B])([B])C. The first-order valence-electron chi connectivity index (χ1n) is 13.0. The summed E-state index contributed by atoms with van der Waals surface area (Å²) < 4.78 is 39.9. The van der Waals surface area contributed by atoms with Crippen LogP contribution in [0.3, 0.4) is 0 Å². The molecular formula is C26H25B4ClFN6O4P. The highest BCUT2D eigenvalue weighted by molar-refractivity contribution is 7.41. The molecule has 1 N–H and O–H groups in total. The van der Waals surface area contributed by atoms with E-state index in [-0.39, 0.29) is 23.2 Å². The number of anilines is 1. The van der Waals surface area contributed by atoms with E-state index >= 15 is 0 Å². The normalized spacial score (nSPS) is 16.0. The molecule has 0 saturated carbocycles. The Morgan fingerprint density at radius 1 is 1.21 bits per heavy atom. The lowest BCUT2D eigenvalue weighted by molar-refractivity contribution is 0.214. The highest BCUT2D eigenvalue weighted by Crippen LogP contribution is 2.46. The van der Waals surface area contributed by atoms with Crippen LogP contribution in [0.5, 0.6) is 5.75 Å². The second-order valence-electron chi connectivity index (χ2n) is 10.2. The van der Waals surface area contributed by atoms with Crippen molar-refractivity contribution in [2.24, 2.45) is 7.05 Å². The smallest absolute Gasteiger partial charge is 0.333 e. The Kier molecular flexibility index (Phi) is 8.77. The lowest BCUT2D eigenvalue weighted by atomic mass is 9.47. The Hall–Kier alpha value is -2.82. The highest BCUT2D eigenvalue weighted by Gasteiger charge is 2.38. The van der Waals surface area contributed by atoms with Gasteiger partial charge in [-0.1, -0.05) is 18.5 Å². The van der Waals surface area contributed by atoms with E-state index in [9.17, 15) is 4.39 Å². The average molecular weight is 614 g/mol. The van der Waals surface area contributed by atoms with Gasteiger partial charge in [0.25, 0.3) is 0 Å². The first-order valence-corrected chi connectivity index (χ1v) is 14.4. The fraction of sp³-hybridized carbons (Fsp3) is 0.346. The molecule has 1 aromatic carbocycles. The second kappa shape index (κ2) is 11.9. The van der Waals surface area contributed by atoms with Gasteiger partial charge in [-0.3, -0.25) is 13.9 Å². The van der Waals surface area contributed by atoms with Crippen LogP contribution in [0.15, 0.2) is 36.7 Å². The van der Waals surface area contributed by atoms with Crippen LogP contribution in [0.2, 0.25) is 5.15 Å². The quantitative estimate of drug-likeness (QED) is 0.190. The number of halogens is 2. The molecule has 214 valence electrons. The maximum Gasteiger partial charge on any atom is 0.333 e. The summed E-state index contributed by atoms with van der Waals surface area (Å²) in [7, 11) is 29.7. The first-order chi connectivity index (χ1) is 20.3. The molecule has 0 fully saturated rings. The number of hydrogen-bond donors (Lipinski definition) is 1. The maximum absolute atomic E-state index is 14.7. The molecule has 0 spiro atoms. The Bertz CT molecular complexity index is 1660. The van der Waals surface area contributed by atoms with Gasteiger partial charge in [-0.2, -0.15) is 10.2 Å². The van der Waals surface area contributed by atoms with Crippen LogP contribution >= 0.6 is 20.2 Å². The maximum atomic E-state index is 14.7. The molecule has 0 aliphatic carbocycles. The van der Waals surface area contributed by atoms with Crippen molar-refractivity contribution in [1.82, 2.24) is 24.5 Å². The van der Waals surface area contributed by atoms with Crippen molar-refractivity contribution in [3.63, 3.8) is 0 Å². The fourth-order valence-electron chi connectivity index (χ4n) is 4.97. The van der Waals surface area contributed by atoms with Crippen molar-refractivity contribution in [2.75, 3.05) is 26.3 Å². The standard InChI is InChI=1S/C26H25B4ClFN6O4P/c1-13-17-9-15(32)6-7-16(17)21-18(11-37(3)35-21)26(29,30)20-22(38(25(2,27)28)36-23(20)31)14-8-19(42-13)24(33-10-14)34-12-41-43(39-4)40-5/h6-11,13H,12H2,1-5H3,(H,33,34)/t13-/m1/s1. The molecule has 1 aliphatic heterocycles. The van der Waals surface area contributed by atoms with Gasteiger partial charge in [0, 0.05) is 55.9 Å². The van der Waals surface area contributed by atoms with Crippen molar-refractivity contribution in [3.8, 4) is 28.3 Å². The zero-order valence-electron chi connectivity index (χ0n) is 24.1. The van der Waals surface area contributed by atoms with E-state index in [1.54, 1.807) is 43.9 Å². The molecule has 8 radical (unpaired) electrons. The number of nitrogens with zero attached hydrogens (tertiary/aromatic N) is 5. The summed E-state index contributed by atoms with van der Waals surface area (Å²) in [4.78, 5) is 4.58. The molecule has 0 amide bonds. The summed E-state index contributed by atoms with van der Waals surface area (Å²) in [5.74, 6) is 0.114. The third-order valence-electron chi connectivity index (χ3n) is 6.83. The lowest BCUT2D eigenvalue weighted by Crippen LogP contribution is -2.34. The van der Waals surface area contributed by atoms with E-state index in [2.05, 4.69) is 20.5 Å². The van der Waals surface area contributed by atoms with Crippen LogP contribution in [0.25, 0.3) is 22.5 Å². The molecule has 43 heavy (non-hydrogen) atoms. The molecular weight excluding hydrogens is 589 g/mol. The van der Waals surface area contributed by atoms with Crippen LogP contribution < -0.4 is 10.1 Å². The number of hydrogen-bond acceptors (Lipinski definition) is 8. The van der Waals surface area contributed by atoms with E-state index in [0.717, 1.165) is 0 Å². The van der Waals surface area contributed by atoms with Gasteiger partial charge in [0.15, 0.2) is 16.7 Å². The summed E-state index contributed by atoms with van der Waals surface area (Å²) in [6.45, 7) is 3.29. The predicted octanol–water partition coefficient (Wildman–Crippen LogP) is 4.00. The number of rotatable bonds is 7. The number of aromatic nitrogens is 5. The minimum atomic E-state index is -1.78. The van der Waals surface area contributed by atoms with Gasteiger partial charge in [-0.05, 0) is 47.3 Å². The number of nitrogens with one attached hydrogen (secondary N) is 1. The van der Waals surface area contributed by atoms with Gasteiger partial charge in [-0.25, -0.2) is 9.37 Å². The van der Waals surface area contributed by atoms with E-state index < -0.39 is 31.1 Å². The second-order valence-corrected chi connectivity index (χ2v) is 12.0. The monoisotopic (exact) mass is 614 g/mol. The minimum absolute atomic E-state index is 0.0274. The minimum Gasteiger partial charge on any atom is -0.482 e. The number of pyridine rings is 1. The topological polar surface area (TPSA) is 97.5 Å². The predicted molar refractivity (Wildman–Crippen MR) is 166 cm³/mol. The Labute approximate surface area is 260 Å². The number of benzene rings is 1. The molecule has 3 aromatic heterocycles. The van der Waals surface area contributed by atoms with Crippen molar-refractivity contribution in [1.29, 1.82) is 0 Å². The molecule has 17 heteroatoms. The lowest BCUT2D eigenvalue weighted by Gasteiger charge is -2.31. The Morgan fingerprint density at radius 2 is 1.93 bits per heavy atom. The zero-order valence-corrected chi connectivity index (χ0v) is 25.8. The average Bonchev–Trinajstić information content (AvgIpc) is 3.52. The van der Waals surface area contributed by atoms with E-state index in [1.165, 1.54) is 37.2 Å². The van der Waals surface area contributed by atoms with Crippen LogP contribution in [0, 0.1) is 5.82 Å². The molecule has 1 aliphatic rings. The van der Waals surface area contributed by atoms with Gasteiger partial charge >= 0.3 is 8.60 Å². The molecule has 4 heterocycles. The zero-order chi connectivity index (χ0) is 31.3. The van der Waals surface area contributed by atoms with Gasteiger partial charge in [-0.15, -0.1) is 0 Å². The van der Waals surface area contributed by atoms with Gasteiger partial charge in [0.05, 0.1) is 42.8 Å². The largest absolute Gasteiger partial charge is 0.482 e. The summed E-state index contributed by atoms with van der Waals surface area (Å²) in [6, 6.07) is 5.98. The summed E-state index contributed by atoms with van der Waals surface area (Å²) in [5.41, 5.74) is 2.79. The summed E-state index contributed by atoms with van der Waals surface area (Å²) >= 11 is 6.75. The molecule has 1 atom stereocenters. The van der Waals surface area contributed by atoms with E-state index in [1.807, 2.05) is 0 Å². The summed E-state index contributed by atoms with van der Waals surface area (Å²) in [5, 5.41) is 8.81. The van der Waals surface area contributed by atoms with E-state index in [4.69, 9.17) is 61.3 Å². The van der Waals surface area contributed by atoms with Crippen molar-refractivity contribution >= 4 is 57.4 Å². The number of ether oxygens (including phenoxy) is 1. The molecule has 0 saturated heterocycles. The Morgan fingerprint density at radius 3 is 2.60 bits per heavy atom. The van der Waals surface area contributed by atoms with Crippen molar-refractivity contribution < 1.29 is 22.7 Å². The third kappa shape index (κ3) is 5.98.